The summed E-state index contributed by atoms with van der Waals surface area (Å²) < 4.78 is 0. The van der Waals surface area contributed by atoms with E-state index in [0.717, 1.165) is 11.5 Å². The third-order valence-electron chi connectivity index (χ3n) is 4.40. The summed E-state index contributed by atoms with van der Waals surface area (Å²) >= 11 is 1.75. The van der Waals surface area contributed by atoms with Gasteiger partial charge in [-0.3, -0.25) is 0 Å². The van der Waals surface area contributed by atoms with E-state index in [0.29, 0.717) is 5.92 Å². The SMILES string of the molecule is CCCCC1CCC(C(O)c2csc(C)c2)CC1. The van der Waals surface area contributed by atoms with Gasteiger partial charge in [-0.05, 0) is 48.6 Å². The molecule has 1 aromatic rings. The van der Waals surface area contributed by atoms with E-state index < -0.39 is 0 Å². The number of hydrogen-bond donors (Lipinski definition) is 1. The highest BCUT2D eigenvalue weighted by atomic mass is 32.1. The van der Waals surface area contributed by atoms with E-state index in [2.05, 4.69) is 25.3 Å². The first-order chi connectivity index (χ1) is 8.70. The highest BCUT2D eigenvalue weighted by Crippen LogP contribution is 2.39. The van der Waals surface area contributed by atoms with Gasteiger partial charge in [0.15, 0.2) is 0 Å². The number of aliphatic hydroxyl groups excluding tert-OH is 1. The lowest BCUT2D eigenvalue weighted by atomic mass is 9.76. The Morgan fingerprint density at radius 2 is 2.06 bits per heavy atom. The molecule has 18 heavy (non-hydrogen) atoms. The zero-order valence-electron chi connectivity index (χ0n) is 11.7. The summed E-state index contributed by atoms with van der Waals surface area (Å²) in [5.41, 5.74) is 1.15. The van der Waals surface area contributed by atoms with Crippen LogP contribution in [-0.4, -0.2) is 5.11 Å². The Morgan fingerprint density at radius 1 is 1.33 bits per heavy atom. The van der Waals surface area contributed by atoms with Crippen LogP contribution in [0.3, 0.4) is 0 Å². The Hall–Kier alpha value is -0.340. The molecule has 1 unspecified atom stereocenters. The van der Waals surface area contributed by atoms with Crippen molar-refractivity contribution in [3.05, 3.63) is 21.9 Å². The molecule has 2 heteroatoms. The largest absolute Gasteiger partial charge is 0.388 e. The maximum Gasteiger partial charge on any atom is 0.0826 e. The number of thiophene rings is 1. The predicted octanol–water partition coefficient (Wildman–Crippen LogP) is 5.09. The lowest BCUT2D eigenvalue weighted by Gasteiger charge is -2.31. The topological polar surface area (TPSA) is 20.2 Å². The molecule has 1 aromatic heterocycles. The van der Waals surface area contributed by atoms with Gasteiger partial charge in [-0.25, -0.2) is 0 Å². The Kier molecular flexibility index (Phi) is 5.25. The Labute approximate surface area is 115 Å². The summed E-state index contributed by atoms with van der Waals surface area (Å²) in [6, 6.07) is 2.15. The molecule has 1 heterocycles. The Balaban J connectivity index is 1.82. The Morgan fingerprint density at radius 3 is 2.61 bits per heavy atom. The standard InChI is InChI=1S/C16H26OS/c1-3-4-5-13-6-8-14(9-7-13)16(17)15-10-12(2)18-11-15/h10-11,13-14,16-17H,3-9H2,1-2H3. The van der Waals surface area contributed by atoms with Gasteiger partial charge in [-0.1, -0.05) is 39.0 Å². The van der Waals surface area contributed by atoms with Gasteiger partial charge in [0.05, 0.1) is 6.10 Å². The maximum atomic E-state index is 10.4. The van der Waals surface area contributed by atoms with Crippen LogP contribution in [0.2, 0.25) is 0 Å². The Bertz CT molecular complexity index is 350. The van der Waals surface area contributed by atoms with Gasteiger partial charge < -0.3 is 5.11 Å². The molecule has 0 aromatic carbocycles. The van der Waals surface area contributed by atoms with Gasteiger partial charge in [0, 0.05) is 4.88 Å². The van der Waals surface area contributed by atoms with Gasteiger partial charge >= 0.3 is 0 Å². The van der Waals surface area contributed by atoms with Crippen LogP contribution in [0.15, 0.2) is 11.4 Å². The van der Waals surface area contributed by atoms with Crippen LogP contribution in [0.4, 0.5) is 0 Å². The van der Waals surface area contributed by atoms with Gasteiger partial charge in [-0.15, -0.1) is 11.3 Å². The molecule has 1 aliphatic rings. The zero-order valence-corrected chi connectivity index (χ0v) is 12.5. The smallest absolute Gasteiger partial charge is 0.0826 e. The van der Waals surface area contributed by atoms with Crippen molar-refractivity contribution in [3.63, 3.8) is 0 Å². The fourth-order valence-electron chi connectivity index (χ4n) is 3.18. The van der Waals surface area contributed by atoms with Crippen molar-refractivity contribution < 1.29 is 5.11 Å². The van der Waals surface area contributed by atoms with Gasteiger partial charge in [0.2, 0.25) is 0 Å². The molecule has 102 valence electrons. The molecule has 0 amide bonds. The summed E-state index contributed by atoms with van der Waals surface area (Å²) in [4.78, 5) is 1.31. The normalized spacial score (nSPS) is 26.2. The minimum atomic E-state index is -0.220. The van der Waals surface area contributed by atoms with Gasteiger partial charge in [-0.2, -0.15) is 0 Å². The number of unbranched alkanes of at least 4 members (excludes halogenated alkanes) is 1. The summed E-state index contributed by atoms with van der Waals surface area (Å²) in [5, 5.41) is 12.6. The van der Waals surface area contributed by atoms with Crippen molar-refractivity contribution >= 4 is 11.3 Å². The lowest BCUT2D eigenvalue weighted by Crippen LogP contribution is -2.20. The van der Waals surface area contributed by atoms with E-state index in [-0.39, 0.29) is 6.10 Å². The average Bonchev–Trinajstić information content (AvgIpc) is 2.83. The predicted molar refractivity (Wildman–Crippen MR) is 79.0 cm³/mol. The molecule has 1 aliphatic carbocycles. The number of aliphatic hydroxyl groups is 1. The number of aryl methyl sites for hydroxylation is 1. The van der Waals surface area contributed by atoms with Crippen molar-refractivity contribution in [3.8, 4) is 0 Å². The van der Waals surface area contributed by atoms with Crippen LogP contribution in [0.25, 0.3) is 0 Å². The highest BCUT2D eigenvalue weighted by molar-refractivity contribution is 7.10. The molecule has 0 saturated heterocycles. The van der Waals surface area contributed by atoms with Crippen molar-refractivity contribution in [2.24, 2.45) is 11.8 Å². The average molecular weight is 266 g/mol. The molecule has 1 fully saturated rings. The molecule has 0 spiro atoms. The quantitative estimate of drug-likeness (QED) is 0.787. The van der Waals surface area contributed by atoms with Gasteiger partial charge in [0.25, 0.3) is 0 Å². The van der Waals surface area contributed by atoms with Crippen molar-refractivity contribution in [1.82, 2.24) is 0 Å². The van der Waals surface area contributed by atoms with Crippen LogP contribution in [0.1, 0.15) is 68.4 Å². The van der Waals surface area contributed by atoms with Crippen molar-refractivity contribution in [2.45, 2.75) is 64.9 Å². The monoisotopic (exact) mass is 266 g/mol. The van der Waals surface area contributed by atoms with E-state index in [9.17, 15) is 5.11 Å². The van der Waals surface area contributed by atoms with E-state index in [1.165, 1.54) is 49.8 Å². The second-order valence-electron chi connectivity index (χ2n) is 5.86. The molecule has 1 nitrogen and oxygen atoms in total. The maximum absolute atomic E-state index is 10.4. The molecule has 2 rings (SSSR count). The fraction of sp³-hybridized carbons (Fsp3) is 0.750. The van der Waals surface area contributed by atoms with Crippen molar-refractivity contribution in [2.75, 3.05) is 0 Å². The molecule has 0 aliphatic heterocycles. The highest BCUT2D eigenvalue weighted by Gasteiger charge is 2.27. The second-order valence-corrected chi connectivity index (χ2v) is 6.97. The van der Waals surface area contributed by atoms with Crippen LogP contribution in [0, 0.1) is 18.8 Å². The van der Waals surface area contributed by atoms with Crippen LogP contribution in [0.5, 0.6) is 0 Å². The fourth-order valence-corrected chi connectivity index (χ4v) is 3.91. The third-order valence-corrected chi connectivity index (χ3v) is 5.28. The summed E-state index contributed by atoms with van der Waals surface area (Å²) in [6.07, 6.45) is 8.95. The van der Waals surface area contributed by atoms with E-state index >= 15 is 0 Å². The second kappa shape index (κ2) is 6.72. The first kappa shape index (κ1) is 14.1. The minimum absolute atomic E-state index is 0.220. The molecule has 1 atom stereocenters. The van der Waals surface area contributed by atoms with Crippen LogP contribution >= 0.6 is 11.3 Å². The van der Waals surface area contributed by atoms with E-state index in [1.54, 1.807) is 11.3 Å². The first-order valence-electron chi connectivity index (χ1n) is 7.43. The first-order valence-corrected chi connectivity index (χ1v) is 8.31. The van der Waals surface area contributed by atoms with Crippen molar-refractivity contribution in [1.29, 1.82) is 0 Å². The van der Waals surface area contributed by atoms with E-state index in [1.807, 2.05) is 0 Å². The molecule has 0 radical (unpaired) electrons. The molecule has 1 N–H and O–H groups in total. The molecular weight excluding hydrogens is 240 g/mol. The third kappa shape index (κ3) is 3.58. The molecule has 0 bridgehead atoms. The number of hydrogen-bond acceptors (Lipinski definition) is 2. The molecule has 1 saturated carbocycles. The van der Waals surface area contributed by atoms with Crippen LogP contribution < -0.4 is 0 Å². The van der Waals surface area contributed by atoms with Crippen LogP contribution in [-0.2, 0) is 0 Å². The minimum Gasteiger partial charge on any atom is -0.388 e. The van der Waals surface area contributed by atoms with E-state index in [4.69, 9.17) is 0 Å². The molecular formula is C16H26OS. The number of rotatable bonds is 5. The summed E-state index contributed by atoms with van der Waals surface area (Å²) in [6.45, 7) is 4.39. The zero-order chi connectivity index (χ0) is 13.0. The lowest BCUT2D eigenvalue weighted by molar-refractivity contribution is 0.0723. The summed E-state index contributed by atoms with van der Waals surface area (Å²) in [7, 11) is 0. The van der Waals surface area contributed by atoms with Gasteiger partial charge in [0.1, 0.15) is 0 Å². The summed E-state index contributed by atoms with van der Waals surface area (Å²) in [5.74, 6) is 1.43.